The Hall–Kier alpha value is -1.29. The first-order valence-corrected chi connectivity index (χ1v) is 7.34. The molecule has 1 atom stereocenters. The maximum atomic E-state index is 13.3. The highest BCUT2D eigenvalue weighted by atomic mass is 19.3. The standard InChI is InChI=1S/C16H20F2N2/c17-16(18)7-3-8-20(12-16)9-6-15-10-13-4-1-2-5-14(13)11-19-15/h1-2,4-5,11,15H,3,6-10,12H2/t15-/m1/s1. The van der Waals surface area contributed by atoms with Gasteiger partial charge < -0.3 is 0 Å². The molecule has 2 nitrogen and oxygen atoms in total. The van der Waals surface area contributed by atoms with Gasteiger partial charge in [-0.05, 0) is 36.9 Å². The summed E-state index contributed by atoms with van der Waals surface area (Å²) in [5.41, 5.74) is 2.50. The molecule has 0 radical (unpaired) electrons. The van der Waals surface area contributed by atoms with E-state index < -0.39 is 5.92 Å². The lowest BCUT2D eigenvalue weighted by atomic mass is 9.96. The average Bonchev–Trinajstić information content (AvgIpc) is 2.44. The third kappa shape index (κ3) is 3.23. The first-order valence-electron chi connectivity index (χ1n) is 7.34. The number of benzene rings is 1. The molecule has 108 valence electrons. The van der Waals surface area contributed by atoms with Crippen LogP contribution in [0.25, 0.3) is 0 Å². The molecule has 1 aromatic rings. The van der Waals surface area contributed by atoms with Crippen LogP contribution in [-0.2, 0) is 6.42 Å². The number of piperidine rings is 1. The second-order valence-corrected chi connectivity index (χ2v) is 5.86. The van der Waals surface area contributed by atoms with Gasteiger partial charge in [0.1, 0.15) is 0 Å². The molecule has 2 aliphatic rings. The summed E-state index contributed by atoms with van der Waals surface area (Å²) in [6.07, 6.45) is 4.36. The largest absolute Gasteiger partial charge is 0.297 e. The minimum absolute atomic E-state index is 0.0401. The highest BCUT2D eigenvalue weighted by Crippen LogP contribution is 2.27. The molecule has 0 amide bonds. The number of likely N-dealkylation sites (tertiary alicyclic amines) is 1. The third-order valence-electron chi connectivity index (χ3n) is 4.19. The summed E-state index contributed by atoms with van der Waals surface area (Å²) in [5.74, 6) is -2.50. The molecule has 2 heterocycles. The van der Waals surface area contributed by atoms with E-state index in [2.05, 4.69) is 17.1 Å². The molecule has 0 unspecified atom stereocenters. The zero-order valence-electron chi connectivity index (χ0n) is 11.6. The van der Waals surface area contributed by atoms with Crippen LogP contribution in [0.3, 0.4) is 0 Å². The fraction of sp³-hybridized carbons (Fsp3) is 0.562. The van der Waals surface area contributed by atoms with E-state index >= 15 is 0 Å². The van der Waals surface area contributed by atoms with Crippen LogP contribution in [0.2, 0.25) is 0 Å². The zero-order valence-corrected chi connectivity index (χ0v) is 11.6. The van der Waals surface area contributed by atoms with Crippen molar-refractivity contribution in [1.29, 1.82) is 0 Å². The Balaban J connectivity index is 1.53. The predicted octanol–water partition coefficient (Wildman–Crippen LogP) is 3.15. The molecular formula is C16H20F2N2. The minimum atomic E-state index is -2.50. The van der Waals surface area contributed by atoms with Crippen molar-refractivity contribution in [1.82, 2.24) is 4.90 Å². The average molecular weight is 278 g/mol. The van der Waals surface area contributed by atoms with Gasteiger partial charge in [-0.1, -0.05) is 24.3 Å². The van der Waals surface area contributed by atoms with Gasteiger partial charge in [-0.2, -0.15) is 0 Å². The van der Waals surface area contributed by atoms with Crippen molar-refractivity contribution in [2.75, 3.05) is 19.6 Å². The Morgan fingerprint density at radius 2 is 2.15 bits per heavy atom. The van der Waals surface area contributed by atoms with Crippen LogP contribution in [0.5, 0.6) is 0 Å². The molecular weight excluding hydrogens is 258 g/mol. The Bertz CT molecular complexity index is 499. The van der Waals surface area contributed by atoms with Crippen LogP contribution in [-0.4, -0.2) is 42.7 Å². The van der Waals surface area contributed by atoms with Gasteiger partial charge in [0.2, 0.25) is 0 Å². The summed E-state index contributed by atoms with van der Waals surface area (Å²) in [6.45, 7) is 1.43. The van der Waals surface area contributed by atoms with Crippen LogP contribution in [0.4, 0.5) is 8.78 Å². The monoisotopic (exact) mass is 278 g/mol. The lowest BCUT2D eigenvalue weighted by Gasteiger charge is -2.33. The summed E-state index contributed by atoms with van der Waals surface area (Å²) in [4.78, 5) is 6.44. The van der Waals surface area contributed by atoms with E-state index in [9.17, 15) is 8.78 Å². The van der Waals surface area contributed by atoms with E-state index in [0.717, 1.165) is 25.9 Å². The summed E-state index contributed by atoms with van der Waals surface area (Å²) in [7, 11) is 0. The number of nitrogens with zero attached hydrogens (tertiary/aromatic N) is 2. The maximum Gasteiger partial charge on any atom is 0.260 e. The number of alkyl halides is 2. The fourth-order valence-electron chi connectivity index (χ4n) is 3.08. The predicted molar refractivity (Wildman–Crippen MR) is 76.8 cm³/mol. The molecule has 3 rings (SSSR count). The molecule has 0 N–H and O–H groups in total. The molecule has 1 aromatic carbocycles. The lowest BCUT2D eigenvalue weighted by Crippen LogP contribution is -2.43. The smallest absolute Gasteiger partial charge is 0.260 e. The second-order valence-electron chi connectivity index (χ2n) is 5.86. The molecule has 4 heteroatoms. The molecule has 0 aliphatic carbocycles. The quantitative estimate of drug-likeness (QED) is 0.829. The van der Waals surface area contributed by atoms with Crippen LogP contribution in [0.1, 0.15) is 30.4 Å². The van der Waals surface area contributed by atoms with Gasteiger partial charge in [0.15, 0.2) is 0 Å². The van der Waals surface area contributed by atoms with E-state index in [-0.39, 0.29) is 19.0 Å². The van der Waals surface area contributed by atoms with Crippen molar-refractivity contribution in [2.24, 2.45) is 4.99 Å². The zero-order chi connectivity index (χ0) is 14.0. The van der Waals surface area contributed by atoms with Crippen molar-refractivity contribution in [2.45, 2.75) is 37.6 Å². The Morgan fingerprint density at radius 1 is 1.30 bits per heavy atom. The summed E-state index contributed by atoms with van der Waals surface area (Å²) in [6, 6.07) is 8.49. The third-order valence-corrected chi connectivity index (χ3v) is 4.19. The SMILES string of the molecule is FC1(F)CCCN(CC[C@@H]2Cc3ccccc3C=N2)C1. The Kier molecular flexibility index (Phi) is 3.83. The highest BCUT2D eigenvalue weighted by Gasteiger charge is 2.34. The Labute approximate surface area is 118 Å². The first-order chi connectivity index (χ1) is 9.62. The van der Waals surface area contributed by atoms with Crippen LogP contribution in [0.15, 0.2) is 29.3 Å². The fourth-order valence-corrected chi connectivity index (χ4v) is 3.08. The molecule has 1 saturated heterocycles. The molecule has 0 bridgehead atoms. The first kappa shape index (κ1) is 13.7. The lowest BCUT2D eigenvalue weighted by molar-refractivity contribution is -0.0642. The molecule has 20 heavy (non-hydrogen) atoms. The number of hydrogen-bond donors (Lipinski definition) is 0. The van der Waals surface area contributed by atoms with E-state index in [1.165, 1.54) is 11.1 Å². The van der Waals surface area contributed by atoms with Gasteiger partial charge in [-0.3, -0.25) is 9.89 Å². The number of rotatable bonds is 3. The van der Waals surface area contributed by atoms with E-state index in [4.69, 9.17) is 0 Å². The summed E-state index contributed by atoms with van der Waals surface area (Å²) >= 11 is 0. The van der Waals surface area contributed by atoms with Gasteiger partial charge in [-0.25, -0.2) is 8.78 Å². The Morgan fingerprint density at radius 3 is 3.00 bits per heavy atom. The van der Waals surface area contributed by atoms with E-state index in [1.54, 1.807) is 0 Å². The molecule has 2 aliphatic heterocycles. The topological polar surface area (TPSA) is 15.6 Å². The van der Waals surface area contributed by atoms with Crippen molar-refractivity contribution in [3.8, 4) is 0 Å². The number of hydrogen-bond acceptors (Lipinski definition) is 2. The van der Waals surface area contributed by atoms with Crippen molar-refractivity contribution >= 4 is 6.21 Å². The van der Waals surface area contributed by atoms with Gasteiger partial charge in [0.05, 0.1) is 12.6 Å². The van der Waals surface area contributed by atoms with Gasteiger partial charge in [0, 0.05) is 19.2 Å². The summed E-state index contributed by atoms with van der Waals surface area (Å²) in [5, 5.41) is 0. The summed E-state index contributed by atoms with van der Waals surface area (Å²) < 4.78 is 26.7. The number of fused-ring (bicyclic) bond motifs is 1. The molecule has 0 saturated carbocycles. The second kappa shape index (κ2) is 5.60. The van der Waals surface area contributed by atoms with Gasteiger partial charge in [0.25, 0.3) is 5.92 Å². The van der Waals surface area contributed by atoms with Crippen LogP contribution in [0, 0.1) is 0 Å². The van der Waals surface area contributed by atoms with E-state index in [1.807, 2.05) is 23.2 Å². The molecule has 0 spiro atoms. The highest BCUT2D eigenvalue weighted by molar-refractivity contribution is 5.83. The number of halogens is 2. The normalized spacial score (nSPS) is 25.4. The minimum Gasteiger partial charge on any atom is -0.297 e. The maximum absolute atomic E-state index is 13.3. The van der Waals surface area contributed by atoms with Crippen molar-refractivity contribution in [3.05, 3.63) is 35.4 Å². The van der Waals surface area contributed by atoms with Crippen molar-refractivity contribution in [3.63, 3.8) is 0 Å². The van der Waals surface area contributed by atoms with E-state index in [0.29, 0.717) is 6.42 Å². The van der Waals surface area contributed by atoms with Gasteiger partial charge in [-0.15, -0.1) is 0 Å². The van der Waals surface area contributed by atoms with Gasteiger partial charge >= 0.3 is 0 Å². The molecule has 0 aromatic heterocycles. The number of aliphatic imine (C=N–C) groups is 1. The van der Waals surface area contributed by atoms with Crippen LogP contribution < -0.4 is 0 Å². The van der Waals surface area contributed by atoms with Crippen molar-refractivity contribution < 1.29 is 8.78 Å². The molecule has 1 fully saturated rings. The van der Waals surface area contributed by atoms with Crippen LogP contribution >= 0.6 is 0 Å².